The lowest BCUT2D eigenvalue weighted by atomic mass is 10.1. The highest BCUT2D eigenvalue weighted by Crippen LogP contribution is 2.16. The maximum absolute atomic E-state index is 12.9. The fraction of sp³-hybridized carbons (Fsp3) is 0.0800. The van der Waals surface area contributed by atoms with Crippen LogP contribution in [0.4, 0.5) is 0 Å². The molecule has 9 nitrogen and oxygen atoms in total. The molecule has 0 saturated carbocycles. The van der Waals surface area contributed by atoms with Crippen LogP contribution in [0.2, 0.25) is 0 Å². The molecule has 170 valence electrons. The molecule has 0 unspecified atom stereocenters. The van der Waals surface area contributed by atoms with Crippen LogP contribution in [0.3, 0.4) is 0 Å². The van der Waals surface area contributed by atoms with E-state index in [2.05, 4.69) is 10.4 Å². The number of rotatable bonds is 6. The van der Waals surface area contributed by atoms with E-state index in [0.717, 1.165) is 4.68 Å². The van der Waals surface area contributed by atoms with Crippen molar-refractivity contribution in [1.82, 2.24) is 15.1 Å². The first-order chi connectivity index (χ1) is 16.5. The number of nitrogens with one attached hydrogen (secondary N) is 1. The van der Waals surface area contributed by atoms with Crippen LogP contribution in [-0.2, 0) is 9.53 Å². The summed E-state index contributed by atoms with van der Waals surface area (Å²) in [6.45, 7) is -0.707. The summed E-state index contributed by atoms with van der Waals surface area (Å²) < 4.78 is 11.2. The number of hydrogen-bond acceptors (Lipinski definition) is 7. The Morgan fingerprint density at radius 3 is 2.21 bits per heavy atom. The van der Waals surface area contributed by atoms with Crippen molar-refractivity contribution in [3.8, 4) is 11.4 Å². The summed E-state index contributed by atoms with van der Waals surface area (Å²) in [5.41, 5.74) is 0.174. The minimum absolute atomic E-state index is 0.131. The highest BCUT2D eigenvalue weighted by molar-refractivity contribution is 6.06. The first kappa shape index (κ1) is 22.4. The zero-order valence-corrected chi connectivity index (χ0v) is 18.1. The molecule has 0 aliphatic heterocycles. The second kappa shape index (κ2) is 9.78. The van der Waals surface area contributed by atoms with E-state index in [9.17, 15) is 19.2 Å². The van der Waals surface area contributed by atoms with Crippen LogP contribution in [0.25, 0.3) is 16.5 Å². The summed E-state index contributed by atoms with van der Waals surface area (Å²) in [4.78, 5) is 50.1. The van der Waals surface area contributed by atoms with Gasteiger partial charge in [0.25, 0.3) is 17.4 Å². The van der Waals surface area contributed by atoms with Gasteiger partial charge in [-0.1, -0.05) is 36.4 Å². The van der Waals surface area contributed by atoms with Gasteiger partial charge in [-0.25, -0.2) is 4.79 Å². The second-order valence-corrected chi connectivity index (χ2v) is 7.13. The van der Waals surface area contributed by atoms with Crippen LogP contribution in [0.15, 0.2) is 83.7 Å². The number of aromatic nitrogens is 2. The van der Waals surface area contributed by atoms with Crippen molar-refractivity contribution in [3.05, 3.63) is 100 Å². The van der Waals surface area contributed by atoms with Gasteiger partial charge in [0.1, 0.15) is 5.75 Å². The van der Waals surface area contributed by atoms with Gasteiger partial charge in [0.2, 0.25) is 0 Å². The SMILES string of the molecule is COc1ccc(C(=O)NC(=O)COC(=O)c2nn(-c3ccccc3)c(=O)c3ccccc23)cc1. The molecule has 0 radical (unpaired) electrons. The van der Waals surface area contributed by atoms with Gasteiger partial charge >= 0.3 is 5.97 Å². The van der Waals surface area contributed by atoms with Gasteiger partial charge in [0, 0.05) is 10.9 Å². The fourth-order valence-electron chi connectivity index (χ4n) is 3.26. The van der Waals surface area contributed by atoms with Crippen LogP contribution in [-0.4, -0.2) is 41.3 Å². The summed E-state index contributed by atoms with van der Waals surface area (Å²) in [6, 6.07) is 21.3. The smallest absolute Gasteiger partial charge is 0.359 e. The van der Waals surface area contributed by atoms with Crippen LogP contribution in [0, 0.1) is 0 Å². The molecule has 1 aromatic heterocycles. The average Bonchev–Trinajstić information content (AvgIpc) is 2.88. The Bertz CT molecular complexity index is 1430. The minimum Gasteiger partial charge on any atom is -0.497 e. The van der Waals surface area contributed by atoms with E-state index in [0.29, 0.717) is 16.8 Å². The molecule has 0 fully saturated rings. The maximum Gasteiger partial charge on any atom is 0.359 e. The van der Waals surface area contributed by atoms with Crippen molar-refractivity contribution in [2.75, 3.05) is 13.7 Å². The number of ether oxygens (including phenoxy) is 2. The number of benzene rings is 3. The Balaban J connectivity index is 1.52. The molecule has 2 amide bonds. The summed E-state index contributed by atoms with van der Waals surface area (Å²) in [5.74, 6) is -1.80. The standard InChI is InChI=1S/C25H19N3O6/c1-33-18-13-11-16(12-14-18)23(30)26-21(29)15-34-25(32)22-19-9-5-6-10-20(19)24(31)28(27-22)17-7-3-2-4-8-17/h2-14H,15H2,1H3,(H,26,29,30). The normalized spacial score (nSPS) is 10.5. The van der Waals surface area contributed by atoms with Crippen molar-refractivity contribution in [3.63, 3.8) is 0 Å². The molecule has 0 aliphatic rings. The summed E-state index contributed by atoms with van der Waals surface area (Å²) >= 11 is 0. The summed E-state index contributed by atoms with van der Waals surface area (Å²) in [5, 5.41) is 6.91. The number of fused-ring (bicyclic) bond motifs is 1. The molecule has 9 heteroatoms. The molecule has 0 aliphatic carbocycles. The van der Waals surface area contributed by atoms with Gasteiger partial charge in [-0.05, 0) is 42.5 Å². The number of nitrogens with zero attached hydrogens (tertiary/aromatic N) is 2. The Morgan fingerprint density at radius 1 is 0.882 bits per heavy atom. The number of methoxy groups -OCH3 is 1. The molecule has 34 heavy (non-hydrogen) atoms. The predicted octanol–water partition coefficient (Wildman–Crippen LogP) is 2.51. The van der Waals surface area contributed by atoms with Crippen molar-refractivity contribution in [2.24, 2.45) is 0 Å². The monoisotopic (exact) mass is 457 g/mol. The molecule has 0 atom stereocenters. The number of esters is 1. The van der Waals surface area contributed by atoms with Crippen molar-refractivity contribution in [1.29, 1.82) is 0 Å². The van der Waals surface area contributed by atoms with Crippen LogP contribution in [0.5, 0.6) is 5.75 Å². The lowest BCUT2D eigenvalue weighted by Crippen LogP contribution is -2.34. The molecule has 1 heterocycles. The van der Waals surface area contributed by atoms with Crippen LogP contribution < -0.4 is 15.6 Å². The molecule has 0 spiro atoms. The number of amides is 2. The van der Waals surface area contributed by atoms with E-state index >= 15 is 0 Å². The van der Waals surface area contributed by atoms with Gasteiger partial charge in [-0.15, -0.1) is 0 Å². The first-order valence-electron chi connectivity index (χ1n) is 10.2. The average molecular weight is 457 g/mol. The molecule has 4 rings (SSSR count). The van der Waals surface area contributed by atoms with E-state index in [1.807, 2.05) is 0 Å². The lowest BCUT2D eigenvalue weighted by molar-refractivity contribution is -0.123. The molecular weight excluding hydrogens is 438 g/mol. The van der Waals surface area contributed by atoms with E-state index in [1.165, 1.54) is 19.2 Å². The fourth-order valence-corrected chi connectivity index (χ4v) is 3.26. The van der Waals surface area contributed by atoms with Crippen molar-refractivity contribution in [2.45, 2.75) is 0 Å². The third-order valence-electron chi connectivity index (χ3n) is 4.94. The van der Waals surface area contributed by atoms with E-state index in [1.54, 1.807) is 66.7 Å². The molecule has 3 aromatic carbocycles. The van der Waals surface area contributed by atoms with Gasteiger partial charge in [0.15, 0.2) is 12.3 Å². The number of imide groups is 1. The number of hydrogen-bond donors (Lipinski definition) is 1. The van der Waals surface area contributed by atoms with Gasteiger partial charge in [0.05, 0.1) is 18.2 Å². The minimum atomic E-state index is -0.909. The molecule has 0 bridgehead atoms. The van der Waals surface area contributed by atoms with Crippen LogP contribution in [0.1, 0.15) is 20.8 Å². The number of carbonyl (C=O) groups excluding carboxylic acids is 3. The van der Waals surface area contributed by atoms with Gasteiger partial charge in [-0.3, -0.25) is 19.7 Å². The largest absolute Gasteiger partial charge is 0.497 e. The predicted molar refractivity (Wildman–Crippen MR) is 123 cm³/mol. The third kappa shape index (κ3) is 4.68. The van der Waals surface area contributed by atoms with Gasteiger partial charge in [-0.2, -0.15) is 9.78 Å². The molecule has 4 aromatic rings. The number of carbonyl (C=O) groups is 3. The molecule has 1 N–H and O–H groups in total. The zero-order valence-electron chi connectivity index (χ0n) is 18.1. The number of para-hydroxylation sites is 1. The molecular formula is C25H19N3O6. The van der Waals surface area contributed by atoms with E-state index in [4.69, 9.17) is 9.47 Å². The van der Waals surface area contributed by atoms with E-state index in [-0.39, 0.29) is 16.6 Å². The Labute approximate surface area is 193 Å². The summed E-state index contributed by atoms with van der Waals surface area (Å²) in [6.07, 6.45) is 0. The quantitative estimate of drug-likeness (QED) is 0.442. The topological polar surface area (TPSA) is 117 Å². The zero-order chi connectivity index (χ0) is 24.1. The third-order valence-corrected chi connectivity index (χ3v) is 4.94. The van der Waals surface area contributed by atoms with Crippen molar-refractivity contribution < 1.29 is 23.9 Å². The van der Waals surface area contributed by atoms with Gasteiger partial charge < -0.3 is 9.47 Å². The highest BCUT2D eigenvalue weighted by Gasteiger charge is 2.20. The second-order valence-electron chi connectivity index (χ2n) is 7.13. The van der Waals surface area contributed by atoms with Crippen molar-refractivity contribution >= 4 is 28.6 Å². The molecule has 0 saturated heterocycles. The Morgan fingerprint density at radius 2 is 1.53 bits per heavy atom. The lowest BCUT2D eigenvalue weighted by Gasteiger charge is -2.11. The van der Waals surface area contributed by atoms with E-state index < -0.39 is 29.9 Å². The summed E-state index contributed by atoms with van der Waals surface area (Å²) in [7, 11) is 1.50. The van der Waals surface area contributed by atoms with Crippen LogP contribution >= 0.6 is 0 Å². The maximum atomic E-state index is 12.9. The Hall–Kier alpha value is -4.79. The first-order valence-corrected chi connectivity index (χ1v) is 10.2. The Kier molecular flexibility index (Phi) is 6.45. The highest BCUT2D eigenvalue weighted by atomic mass is 16.5.